The molecule has 0 saturated carbocycles. The predicted molar refractivity (Wildman–Crippen MR) is 46.7 cm³/mol. The van der Waals surface area contributed by atoms with Crippen LogP contribution in [0.25, 0.3) is 0 Å². The van der Waals surface area contributed by atoms with Crippen molar-refractivity contribution in [1.82, 2.24) is 4.98 Å². The molecule has 1 heterocycles. The molecule has 0 saturated heterocycles. The van der Waals surface area contributed by atoms with E-state index in [0.717, 1.165) is 0 Å². The van der Waals surface area contributed by atoms with Crippen LogP contribution in [-0.2, 0) is 11.2 Å². The highest BCUT2D eigenvalue weighted by molar-refractivity contribution is 5.70. The molecule has 0 atom stereocenters. The molecule has 0 fully saturated rings. The highest BCUT2D eigenvalue weighted by Gasteiger charge is 2.07. The number of ether oxygens (including phenoxy) is 1. The summed E-state index contributed by atoms with van der Waals surface area (Å²) >= 11 is 0. The highest BCUT2D eigenvalue weighted by atomic mass is 16.5. The summed E-state index contributed by atoms with van der Waals surface area (Å²) in [5.41, 5.74) is 0.469. The van der Waals surface area contributed by atoms with Gasteiger partial charge in [0.25, 0.3) is 0 Å². The zero-order chi connectivity index (χ0) is 9.68. The second kappa shape index (κ2) is 4.45. The summed E-state index contributed by atoms with van der Waals surface area (Å²) in [6.45, 7) is 2.36. The molecule has 0 bridgehead atoms. The lowest BCUT2D eigenvalue weighted by atomic mass is 10.2. The standard InChI is InChI=1S/C9H11NO3/c1-2-13-8-4-3-5-10-7(8)6-9(11)12/h3-5H,2,6H2,1H3,(H,11,12). The zero-order valence-electron chi connectivity index (χ0n) is 7.36. The van der Waals surface area contributed by atoms with E-state index in [1.807, 2.05) is 6.92 Å². The molecule has 0 unspecified atom stereocenters. The first-order chi connectivity index (χ1) is 6.24. The van der Waals surface area contributed by atoms with Crippen LogP contribution in [0, 0.1) is 0 Å². The van der Waals surface area contributed by atoms with E-state index in [4.69, 9.17) is 9.84 Å². The molecule has 1 rings (SSSR count). The third-order valence-corrected chi connectivity index (χ3v) is 1.47. The molecule has 0 amide bonds. The number of hydrogen-bond acceptors (Lipinski definition) is 3. The third-order valence-electron chi connectivity index (χ3n) is 1.47. The van der Waals surface area contributed by atoms with Crippen molar-refractivity contribution in [2.45, 2.75) is 13.3 Å². The Labute approximate surface area is 76.2 Å². The van der Waals surface area contributed by atoms with Crippen molar-refractivity contribution < 1.29 is 14.6 Å². The monoisotopic (exact) mass is 181 g/mol. The van der Waals surface area contributed by atoms with Gasteiger partial charge >= 0.3 is 5.97 Å². The number of aromatic nitrogens is 1. The van der Waals surface area contributed by atoms with Crippen LogP contribution >= 0.6 is 0 Å². The van der Waals surface area contributed by atoms with Crippen molar-refractivity contribution in [2.75, 3.05) is 6.61 Å². The molecule has 13 heavy (non-hydrogen) atoms. The lowest BCUT2D eigenvalue weighted by molar-refractivity contribution is -0.136. The first-order valence-corrected chi connectivity index (χ1v) is 4.02. The van der Waals surface area contributed by atoms with E-state index in [2.05, 4.69) is 4.98 Å². The Morgan fingerprint density at radius 2 is 2.46 bits per heavy atom. The van der Waals surface area contributed by atoms with Crippen LogP contribution in [-0.4, -0.2) is 22.7 Å². The van der Waals surface area contributed by atoms with Crippen LogP contribution in [0.1, 0.15) is 12.6 Å². The molecule has 4 heteroatoms. The summed E-state index contributed by atoms with van der Waals surface area (Å²) in [7, 11) is 0. The van der Waals surface area contributed by atoms with Crippen molar-refractivity contribution in [3.63, 3.8) is 0 Å². The van der Waals surface area contributed by atoms with Crippen LogP contribution in [0.2, 0.25) is 0 Å². The van der Waals surface area contributed by atoms with Crippen molar-refractivity contribution >= 4 is 5.97 Å². The molecular formula is C9H11NO3. The molecular weight excluding hydrogens is 170 g/mol. The summed E-state index contributed by atoms with van der Waals surface area (Å²) in [6.07, 6.45) is 1.46. The number of nitrogens with zero attached hydrogens (tertiary/aromatic N) is 1. The fourth-order valence-corrected chi connectivity index (χ4v) is 0.986. The van der Waals surface area contributed by atoms with Gasteiger partial charge in [-0.15, -0.1) is 0 Å². The quantitative estimate of drug-likeness (QED) is 0.755. The summed E-state index contributed by atoms with van der Waals surface area (Å²) in [4.78, 5) is 14.4. The van der Waals surface area contributed by atoms with Gasteiger partial charge in [0.2, 0.25) is 0 Å². The minimum Gasteiger partial charge on any atom is -0.492 e. The Morgan fingerprint density at radius 1 is 1.69 bits per heavy atom. The summed E-state index contributed by atoms with van der Waals surface area (Å²) < 4.78 is 5.21. The second-order valence-corrected chi connectivity index (χ2v) is 2.45. The molecule has 0 spiro atoms. The van der Waals surface area contributed by atoms with Crippen molar-refractivity contribution in [3.05, 3.63) is 24.0 Å². The van der Waals surface area contributed by atoms with Crippen LogP contribution in [0.4, 0.5) is 0 Å². The first-order valence-electron chi connectivity index (χ1n) is 4.02. The maximum Gasteiger partial charge on any atom is 0.309 e. The van der Waals surface area contributed by atoms with Gasteiger partial charge in [0.1, 0.15) is 5.75 Å². The van der Waals surface area contributed by atoms with Crippen molar-refractivity contribution in [3.8, 4) is 5.75 Å². The average Bonchev–Trinajstić information content (AvgIpc) is 2.08. The number of carboxylic acids is 1. The number of rotatable bonds is 4. The van der Waals surface area contributed by atoms with Gasteiger partial charge in [-0.25, -0.2) is 0 Å². The summed E-state index contributed by atoms with van der Waals surface area (Å²) in [6, 6.07) is 3.44. The smallest absolute Gasteiger partial charge is 0.309 e. The molecule has 70 valence electrons. The summed E-state index contributed by atoms with van der Waals surface area (Å²) in [5.74, 6) is -0.355. The van der Waals surface area contributed by atoms with Crippen molar-refractivity contribution in [1.29, 1.82) is 0 Å². The molecule has 4 nitrogen and oxygen atoms in total. The highest BCUT2D eigenvalue weighted by Crippen LogP contribution is 2.15. The number of aliphatic carboxylic acids is 1. The van der Waals surface area contributed by atoms with Gasteiger partial charge in [-0.2, -0.15) is 0 Å². The molecule has 1 aromatic heterocycles. The zero-order valence-corrected chi connectivity index (χ0v) is 7.36. The first kappa shape index (κ1) is 9.51. The summed E-state index contributed by atoms with van der Waals surface area (Å²) in [5, 5.41) is 8.56. The van der Waals surface area contributed by atoms with Crippen LogP contribution in [0.15, 0.2) is 18.3 Å². The lowest BCUT2D eigenvalue weighted by Gasteiger charge is -2.06. The van der Waals surface area contributed by atoms with Gasteiger partial charge in [0, 0.05) is 6.20 Å². The Hall–Kier alpha value is -1.58. The molecule has 1 N–H and O–H groups in total. The van der Waals surface area contributed by atoms with Gasteiger partial charge < -0.3 is 9.84 Å². The van der Waals surface area contributed by atoms with E-state index in [-0.39, 0.29) is 6.42 Å². The molecule has 0 radical (unpaired) electrons. The van der Waals surface area contributed by atoms with E-state index >= 15 is 0 Å². The van der Waals surface area contributed by atoms with Gasteiger partial charge in [-0.3, -0.25) is 9.78 Å². The molecule has 1 aromatic rings. The normalized spacial score (nSPS) is 9.62. The number of carbonyl (C=O) groups is 1. The largest absolute Gasteiger partial charge is 0.492 e. The SMILES string of the molecule is CCOc1cccnc1CC(=O)O. The van der Waals surface area contributed by atoms with Gasteiger partial charge in [-0.05, 0) is 19.1 Å². The van der Waals surface area contributed by atoms with Crippen LogP contribution in [0.5, 0.6) is 5.75 Å². The second-order valence-electron chi connectivity index (χ2n) is 2.45. The Bertz CT molecular complexity index is 299. The third kappa shape index (κ3) is 2.74. The van der Waals surface area contributed by atoms with Gasteiger partial charge in [0.05, 0.1) is 18.7 Å². The molecule has 0 aliphatic heterocycles. The van der Waals surface area contributed by atoms with Crippen molar-refractivity contribution in [2.24, 2.45) is 0 Å². The molecule has 0 aromatic carbocycles. The van der Waals surface area contributed by atoms with Gasteiger partial charge in [-0.1, -0.05) is 0 Å². The van der Waals surface area contributed by atoms with E-state index in [0.29, 0.717) is 18.1 Å². The minimum absolute atomic E-state index is 0.101. The molecule has 0 aliphatic carbocycles. The Morgan fingerprint density at radius 3 is 3.08 bits per heavy atom. The number of pyridine rings is 1. The minimum atomic E-state index is -0.903. The Kier molecular flexibility index (Phi) is 3.25. The fourth-order valence-electron chi connectivity index (χ4n) is 0.986. The van der Waals surface area contributed by atoms with E-state index in [1.54, 1.807) is 18.3 Å². The van der Waals surface area contributed by atoms with Crippen LogP contribution in [0.3, 0.4) is 0 Å². The average molecular weight is 181 g/mol. The topological polar surface area (TPSA) is 59.4 Å². The maximum atomic E-state index is 10.4. The fraction of sp³-hybridized carbons (Fsp3) is 0.333. The number of hydrogen-bond donors (Lipinski definition) is 1. The lowest BCUT2D eigenvalue weighted by Crippen LogP contribution is -2.05. The van der Waals surface area contributed by atoms with Gasteiger partial charge in [0.15, 0.2) is 0 Å². The van der Waals surface area contributed by atoms with E-state index in [1.165, 1.54) is 0 Å². The van der Waals surface area contributed by atoms with Crippen LogP contribution < -0.4 is 4.74 Å². The molecule has 0 aliphatic rings. The predicted octanol–water partition coefficient (Wildman–Crippen LogP) is 1.11. The Balaban J connectivity index is 2.84. The van der Waals surface area contributed by atoms with E-state index in [9.17, 15) is 4.79 Å². The maximum absolute atomic E-state index is 10.4. The number of carboxylic acid groups (broad SMARTS) is 1. The van der Waals surface area contributed by atoms with E-state index < -0.39 is 5.97 Å².